The number of benzene rings is 1. The van der Waals surface area contributed by atoms with Crippen molar-refractivity contribution in [1.82, 2.24) is 5.06 Å². The lowest BCUT2D eigenvalue weighted by Crippen LogP contribution is -2.42. The molecule has 0 saturated heterocycles. The fourth-order valence-electron chi connectivity index (χ4n) is 2.17. The molecular weight excluding hydrogens is 340 g/mol. The van der Waals surface area contributed by atoms with Crippen LogP contribution in [0.3, 0.4) is 0 Å². The van der Waals surface area contributed by atoms with Gasteiger partial charge in [0.05, 0.1) is 7.11 Å². The van der Waals surface area contributed by atoms with E-state index in [1.165, 1.54) is 19.2 Å². The van der Waals surface area contributed by atoms with Crippen LogP contribution in [0.5, 0.6) is 5.75 Å². The van der Waals surface area contributed by atoms with Crippen molar-refractivity contribution >= 4 is 17.7 Å². The molecule has 2 amide bonds. The second-order valence-corrected chi connectivity index (χ2v) is 6.63. The van der Waals surface area contributed by atoms with E-state index in [0.29, 0.717) is 11.3 Å². The van der Waals surface area contributed by atoms with Gasteiger partial charge >= 0.3 is 6.09 Å². The number of carbonyl (C=O) groups excluding carboxylic acids is 2. The molecule has 1 unspecified atom stereocenters. The van der Waals surface area contributed by atoms with Gasteiger partial charge in [0.25, 0.3) is 0 Å². The van der Waals surface area contributed by atoms with E-state index in [-0.39, 0.29) is 24.2 Å². The molecule has 0 saturated carbocycles. The molecule has 0 aliphatic heterocycles. The molecule has 26 heavy (non-hydrogen) atoms. The molecule has 0 aliphatic rings. The van der Waals surface area contributed by atoms with E-state index in [1.54, 1.807) is 27.7 Å². The Bertz CT molecular complexity index is 657. The number of rotatable bonds is 7. The van der Waals surface area contributed by atoms with E-state index in [2.05, 4.69) is 0 Å². The number of methoxy groups -OCH3 is 1. The highest BCUT2D eigenvalue weighted by Crippen LogP contribution is 2.28. The molecule has 0 heterocycles. The van der Waals surface area contributed by atoms with Crippen LogP contribution in [0.2, 0.25) is 0 Å². The molecule has 9 heteroatoms. The van der Waals surface area contributed by atoms with E-state index in [0.717, 1.165) is 5.06 Å². The second-order valence-electron chi connectivity index (χ2n) is 6.63. The number of amides is 2. The van der Waals surface area contributed by atoms with Crippen molar-refractivity contribution < 1.29 is 23.9 Å². The molecule has 9 nitrogen and oxygen atoms in total. The zero-order valence-corrected chi connectivity index (χ0v) is 15.9. The number of hydrogen-bond donors (Lipinski definition) is 3. The number of nitrogens with two attached hydrogens (primary N) is 3. The summed E-state index contributed by atoms with van der Waals surface area (Å²) >= 11 is 0. The number of carbonyl (C=O) groups is 2. The van der Waals surface area contributed by atoms with Crippen LogP contribution in [0.15, 0.2) is 12.1 Å². The van der Waals surface area contributed by atoms with Crippen LogP contribution < -0.4 is 21.9 Å². The lowest BCUT2D eigenvalue weighted by molar-refractivity contribution is -0.177. The number of nitrogen functional groups attached to an aromatic ring is 1. The molecule has 0 radical (unpaired) electrons. The van der Waals surface area contributed by atoms with Crippen LogP contribution in [0.1, 0.15) is 43.6 Å². The molecule has 6 N–H and O–H groups in total. The summed E-state index contributed by atoms with van der Waals surface area (Å²) in [6.45, 7) is 7.24. The predicted molar refractivity (Wildman–Crippen MR) is 97.3 cm³/mol. The maximum absolute atomic E-state index is 12.1. The number of anilines is 1. The van der Waals surface area contributed by atoms with Gasteiger partial charge in [0.2, 0.25) is 5.91 Å². The topological polar surface area (TPSA) is 143 Å². The van der Waals surface area contributed by atoms with Gasteiger partial charge in [-0.1, -0.05) is 0 Å². The van der Waals surface area contributed by atoms with Crippen LogP contribution in [0, 0.1) is 0 Å². The molecule has 0 aliphatic carbocycles. The Hall–Kier alpha value is -2.52. The summed E-state index contributed by atoms with van der Waals surface area (Å²) in [6, 6.07) is 2.92. The summed E-state index contributed by atoms with van der Waals surface area (Å²) in [7, 11) is 1.44. The van der Waals surface area contributed by atoms with Crippen molar-refractivity contribution in [3.05, 3.63) is 23.3 Å². The summed E-state index contributed by atoms with van der Waals surface area (Å²) in [5.74, 6) is -0.262. The molecule has 146 valence electrons. The molecule has 0 fully saturated rings. The Balaban J connectivity index is 2.91. The minimum absolute atomic E-state index is 0.146. The minimum atomic E-state index is -0.891. The van der Waals surface area contributed by atoms with E-state index in [9.17, 15) is 9.59 Å². The third-order valence-corrected chi connectivity index (χ3v) is 3.30. The van der Waals surface area contributed by atoms with Crippen molar-refractivity contribution in [2.75, 3.05) is 19.4 Å². The third-order valence-electron chi connectivity index (χ3n) is 3.30. The smallest absolute Gasteiger partial charge is 0.434 e. The van der Waals surface area contributed by atoms with Gasteiger partial charge in [-0.3, -0.25) is 4.79 Å². The molecule has 1 aromatic carbocycles. The zero-order valence-electron chi connectivity index (χ0n) is 15.9. The first-order chi connectivity index (χ1) is 12.0. The van der Waals surface area contributed by atoms with E-state index >= 15 is 0 Å². The van der Waals surface area contributed by atoms with Gasteiger partial charge in [-0.05, 0) is 39.8 Å². The normalized spacial score (nSPS) is 12.4. The molecule has 0 spiro atoms. The van der Waals surface area contributed by atoms with Crippen molar-refractivity contribution in [3.63, 3.8) is 0 Å². The number of nitrogens with zero attached hydrogens (tertiary/aromatic N) is 1. The second kappa shape index (κ2) is 8.72. The maximum Gasteiger partial charge on any atom is 0.434 e. The Labute approximate surface area is 153 Å². The molecule has 0 aromatic heterocycles. The van der Waals surface area contributed by atoms with Crippen molar-refractivity contribution in [2.45, 2.75) is 45.9 Å². The van der Waals surface area contributed by atoms with Crippen molar-refractivity contribution in [1.29, 1.82) is 0 Å². The van der Waals surface area contributed by atoms with Gasteiger partial charge in [-0.25, -0.2) is 9.63 Å². The summed E-state index contributed by atoms with van der Waals surface area (Å²) in [5, 5.41) is 1.04. The average Bonchev–Trinajstić information content (AvgIpc) is 2.52. The first-order valence-electron chi connectivity index (χ1n) is 8.17. The zero-order chi connectivity index (χ0) is 20.1. The van der Waals surface area contributed by atoms with Gasteiger partial charge in [-0.15, -0.1) is 0 Å². The first-order valence-corrected chi connectivity index (χ1v) is 8.17. The van der Waals surface area contributed by atoms with Gasteiger partial charge < -0.3 is 26.7 Å². The van der Waals surface area contributed by atoms with Crippen molar-refractivity contribution in [2.24, 2.45) is 11.5 Å². The number of hydrogen-bond acceptors (Lipinski definition) is 7. The average molecular weight is 368 g/mol. The SMILES string of the molecule is CCN(OC(N)Cc1c(N)cc(C(N)=O)cc1OC)C(=O)OC(C)(C)C. The lowest BCUT2D eigenvalue weighted by atomic mass is 10.0. The summed E-state index contributed by atoms with van der Waals surface area (Å²) < 4.78 is 10.5. The number of hydroxylamine groups is 2. The highest BCUT2D eigenvalue weighted by atomic mass is 16.7. The molecule has 1 atom stereocenters. The quantitative estimate of drug-likeness (QED) is 0.375. The summed E-state index contributed by atoms with van der Waals surface area (Å²) in [5.41, 5.74) is 17.7. The lowest BCUT2D eigenvalue weighted by Gasteiger charge is -2.28. The van der Waals surface area contributed by atoms with Crippen LogP contribution >= 0.6 is 0 Å². The highest BCUT2D eigenvalue weighted by molar-refractivity contribution is 5.94. The van der Waals surface area contributed by atoms with E-state index in [1.807, 2.05) is 0 Å². The standard InChI is InChI=1S/C17H28N4O5/c1-6-21(16(23)25-17(2,3)4)26-14(19)9-11-12(18)7-10(15(20)22)8-13(11)24-5/h7-8,14H,6,9,18-19H2,1-5H3,(H2,20,22). The molecular formula is C17H28N4O5. The fraction of sp³-hybridized carbons (Fsp3) is 0.529. The molecule has 0 bridgehead atoms. The Morgan fingerprint density at radius 3 is 2.35 bits per heavy atom. The van der Waals surface area contributed by atoms with E-state index in [4.69, 9.17) is 31.5 Å². The maximum atomic E-state index is 12.1. The van der Waals surface area contributed by atoms with E-state index < -0.39 is 23.8 Å². The first kappa shape index (κ1) is 21.5. The largest absolute Gasteiger partial charge is 0.496 e. The number of ether oxygens (including phenoxy) is 2. The van der Waals surface area contributed by atoms with Crippen LogP contribution in [-0.4, -0.2) is 42.5 Å². The Kier molecular flexibility index (Phi) is 7.22. The van der Waals surface area contributed by atoms with Gasteiger partial charge in [-0.2, -0.15) is 5.06 Å². The van der Waals surface area contributed by atoms with Crippen LogP contribution in [0.25, 0.3) is 0 Å². The van der Waals surface area contributed by atoms with Crippen molar-refractivity contribution in [3.8, 4) is 5.75 Å². The molecule has 1 aromatic rings. The van der Waals surface area contributed by atoms with Gasteiger partial charge in [0, 0.05) is 29.8 Å². The predicted octanol–water partition coefficient (Wildman–Crippen LogP) is 1.39. The summed E-state index contributed by atoms with van der Waals surface area (Å²) in [6.07, 6.45) is -1.38. The minimum Gasteiger partial charge on any atom is -0.496 e. The summed E-state index contributed by atoms with van der Waals surface area (Å²) in [4.78, 5) is 28.9. The van der Waals surface area contributed by atoms with Gasteiger partial charge in [0.15, 0.2) is 0 Å². The Morgan fingerprint density at radius 1 is 1.27 bits per heavy atom. The van der Waals surface area contributed by atoms with Crippen LogP contribution in [0.4, 0.5) is 10.5 Å². The highest BCUT2D eigenvalue weighted by Gasteiger charge is 2.24. The monoisotopic (exact) mass is 368 g/mol. The third kappa shape index (κ3) is 6.08. The number of primary amides is 1. The Morgan fingerprint density at radius 2 is 1.88 bits per heavy atom. The van der Waals surface area contributed by atoms with Gasteiger partial charge in [0.1, 0.15) is 17.6 Å². The van der Waals surface area contributed by atoms with Crippen LogP contribution in [-0.2, 0) is 16.0 Å². The molecule has 1 rings (SSSR count). The fourth-order valence-corrected chi connectivity index (χ4v) is 2.17.